The smallest absolute Gasteiger partial charge is 0.191 e. The molecule has 1 saturated carbocycles. The van der Waals surface area contributed by atoms with Crippen LogP contribution < -0.4 is 15.5 Å². The minimum absolute atomic E-state index is 0. The second-order valence-electron chi connectivity index (χ2n) is 6.62. The number of rotatable bonds is 8. The zero-order valence-corrected chi connectivity index (χ0v) is 18.8. The number of nitrogens with zero attached hydrogens (tertiary/aromatic N) is 2. The second kappa shape index (κ2) is 13.2. The normalized spacial score (nSPS) is 15.3. The first-order chi connectivity index (χ1) is 12.2. The highest BCUT2D eigenvalue weighted by Crippen LogP contribution is 2.26. The largest absolute Gasteiger partial charge is 0.380 e. The van der Waals surface area contributed by atoms with Crippen molar-refractivity contribution in [2.45, 2.75) is 51.6 Å². The number of ether oxygens (including phenoxy) is 1. The molecule has 6 heteroatoms. The molecule has 0 saturated heterocycles. The summed E-state index contributed by atoms with van der Waals surface area (Å²) in [5.74, 6) is 0.808. The molecule has 0 aromatic heterocycles. The Morgan fingerprint density at radius 3 is 2.46 bits per heavy atom. The van der Waals surface area contributed by atoms with Gasteiger partial charge in [0.15, 0.2) is 5.96 Å². The molecule has 0 atom stereocenters. The Morgan fingerprint density at radius 1 is 1.15 bits per heavy atom. The highest BCUT2D eigenvalue weighted by molar-refractivity contribution is 14.0. The molecule has 2 N–H and O–H groups in total. The van der Waals surface area contributed by atoms with Crippen molar-refractivity contribution in [2.75, 3.05) is 38.8 Å². The van der Waals surface area contributed by atoms with Crippen LogP contribution in [-0.4, -0.2) is 45.9 Å². The molecule has 1 fully saturated rings. The van der Waals surface area contributed by atoms with Gasteiger partial charge in [-0.2, -0.15) is 0 Å². The summed E-state index contributed by atoms with van der Waals surface area (Å²) in [6, 6.07) is 9.57. The third kappa shape index (κ3) is 7.70. The van der Waals surface area contributed by atoms with Gasteiger partial charge in [0.2, 0.25) is 0 Å². The van der Waals surface area contributed by atoms with E-state index in [0.29, 0.717) is 12.6 Å². The van der Waals surface area contributed by atoms with E-state index in [1.165, 1.54) is 43.4 Å². The molecule has 26 heavy (non-hydrogen) atoms. The first-order valence-electron chi connectivity index (χ1n) is 9.58. The maximum Gasteiger partial charge on any atom is 0.191 e. The number of aliphatic imine (C=N–C) groups is 1. The molecule has 2 rings (SSSR count). The van der Waals surface area contributed by atoms with E-state index in [4.69, 9.17) is 4.74 Å². The number of guanidine groups is 1. The number of nitrogens with one attached hydrogen (secondary N) is 2. The predicted molar refractivity (Wildman–Crippen MR) is 122 cm³/mol. The average molecular weight is 474 g/mol. The number of halogens is 1. The van der Waals surface area contributed by atoms with Crippen LogP contribution in [0.4, 0.5) is 5.69 Å². The van der Waals surface area contributed by atoms with Gasteiger partial charge in [0.25, 0.3) is 0 Å². The minimum Gasteiger partial charge on any atom is -0.380 e. The van der Waals surface area contributed by atoms with Crippen molar-refractivity contribution in [3.8, 4) is 0 Å². The SMILES string of the molecule is CCOCCNC(=NC)NCc1ccc(N(C)C2CCCCC2)cc1.I. The fourth-order valence-electron chi connectivity index (χ4n) is 3.32. The summed E-state index contributed by atoms with van der Waals surface area (Å²) in [6.45, 7) is 4.97. The summed E-state index contributed by atoms with van der Waals surface area (Å²) in [7, 11) is 4.02. The zero-order valence-electron chi connectivity index (χ0n) is 16.5. The summed E-state index contributed by atoms with van der Waals surface area (Å²) in [4.78, 5) is 6.69. The second-order valence-corrected chi connectivity index (χ2v) is 6.62. The fraction of sp³-hybridized carbons (Fsp3) is 0.650. The van der Waals surface area contributed by atoms with Gasteiger partial charge in [-0.1, -0.05) is 31.4 Å². The molecule has 0 spiro atoms. The Bertz CT molecular complexity index is 515. The van der Waals surface area contributed by atoms with Crippen LogP contribution in [0.2, 0.25) is 0 Å². The molecule has 1 aliphatic carbocycles. The fourth-order valence-corrected chi connectivity index (χ4v) is 3.32. The van der Waals surface area contributed by atoms with Crippen LogP contribution >= 0.6 is 24.0 Å². The summed E-state index contributed by atoms with van der Waals surface area (Å²) < 4.78 is 5.33. The van der Waals surface area contributed by atoms with Crippen LogP contribution in [0.3, 0.4) is 0 Å². The number of benzene rings is 1. The molecule has 0 heterocycles. The molecule has 1 aromatic rings. The van der Waals surface area contributed by atoms with Gasteiger partial charge in [-0.05, 0) is 37.5 Å². The summed E-state index contributed by atoms with van der Waals surface area (Å²) >= 11 is 0. The summed E-state index contributed by atoms with van der Waals surface area (Å²) in [6.07, 6.45) is 6.78. The van der Waals surface area contributed by atoms with Crippen LogP contribution in [-0.2, 0) is 11.3 Å². The maximum atomic E-state index is 5.33. The number of anilines is 1. The van der Waals surface area contributed by atoms with Crippen LogP contribution in [0.1, 0.15) is 44.6 Å². The summed E-state index contributed by atoms with van der Waals surface area (Å²) in [5, 5.41) is 6.60. The molecule has 148 valence electrons. The Hall–Kier alpha value is -1.02. The minimum atomic E-state index is 0. The van der Waals surface area contributed by atoms with Gasteiger partial charge in [0.1, 0.15) is 0 Å². The Labute approximate surface area is 176 Å². The molecular weight excluding hydrogens is 439 g/mol. The van der Waals surface area contributed by atoms with Crippen molar-refractivity contribution in [2.24, 2.45) is 4.99 Å². The highest BCUT2D eigenvalue weighted by atomic mass is 127. The number of hydrogen-bond acceptors (Lipinski definition) is 3. The van der Waals surface area contributed by atoms with E-state index in [1.807, 2.05) is 6.92 Å². The van der Waals surface area contributed by atoms with Gasteiger partial charge in [-0.15, -0.1) is 24.0 Å². The van der Waals surface area contributed by atoms with E-state index >= 15 is 0 Å². The van der Waals surface area contributed by atoms with Crippen molar-refractivity contribution in [3.05, 3.63) is 29.8 Å². The van der Waals surface area contributed by atoms with E-state index in [9.17, 15) is 0 Å². The van der Waals surface area contributed by atoms with Crippen LogP contribution in [0.25, 0.3) is 0 Å². The van der Waals surface area contributed by atoms with Crippen molar-refractivity contribution in [1.29, 1.82) is 0 Å². The van der Waals surface area contributed by atoms with Gasteiger partial charge < -0.3 is 20.3 Å². The topological polar surface area (TPSA) is 48.9 Å². The third-order valence-electron chi connectivity index (χ3n) is 4.89. The van der Waals surface area contributed by atoms with Gasteiger partial charge in [0, 0.05) is 45.5 Å². The van der Waals surface area contributed by atoms with Gasteiger partial charge in [0.05, 0.1) is 6.61 Å². The third-order valence-corrected chi connectivity index (χ3v) is 4.89. The lowest BCUT2D eigenvalue weighted by atomic mass is 9.94. The molecule has 1 aliphatic rings. The van der Waals surface area contributed by atoms with E-state index in [0.717, 1.165) is 25.7 Å². The van der Waals surface area contributed by atoms with Crippen molar-refractivity contribution >= 4 is 35.6 Å². The van der Waals surface area contributed by atoms with Crippen molar-refractivity contribution in [1.82, 2.24) is 10.6 Å². The van der Waals surface area contributed by atoms with Gasteiger partial charge in [-0.3, -0.25) is 4.99 Å². The monoisotopic (exact) mass is 474 g/mol. The standard InChI is InChI=1S/C20H34N4O.HI/c1-4-25-15-14-22-20(21-2)23-16-17-10-12-19(13-11-17)24(3)18-8-6-5-7-9-18;/h10-13,18H,4-9,14-16H2,1-3H3,(H2,21,22,23);1H. The molecule has 0 unspecified atom stereocenters. The van der Waals surface area contributed by atoms with Gasteiger partial charge >= 0.3 is 0 Å². The van der Waals surface area contributed by atoms with E-state index < -0.39 is 0 Å². The number of hydrogen-bond donors (Lipinski definition) is 2. The van der Waals surface area contributed by atoms with Crippen LogP contribution in [0.15, 0.2) is 29.3 Å². The molecule has 0 amide bonds. The van der Waals surface area contributed by atoms with Crippen LogP contribution in [0, 0.1) is 0 Å². The van der Waals surface area contributed by atoms with E-state index in [-0.39, 0.29) is 24.0 Å². The van der Waals surface area contributed by atoms with Crippen LogP contribution in [0.5, 0.6) is 0 Å². The average Bonchev–Trinajstić information content (AvgIpc) is 2.68. The highest BCUT2D eigenvalue weighted by Gasteiger charge is 2.18. The molecule has 5 nitrogen and oxygen atoms in total. The van der Waals surface area contributed by atoms with E-state index in [1.54, 1.807) is 7.05 Å². The van der Waals surface area contributed by atoms with E-state index in [2.05, 4.69) is 51.8 Å². The van der Waals surface area contributed by atoms with Crippen molar-refractivity contribution in [3.63, 3.8) is 0 Å². The molecule has 0 radical (unpaired) electrons. The Morgan fingerprint density at radius 2 is 1.85 bits per heavy atom. The zero-order chi connectivity index (χ0) is 17.9. The molecule has 0 aliphatic heterocycles. The Kier molecular flexibility index (Phi) is 11.7. The predicted octanol–water partition coefficient (Wildman–Crippen LogP) is 3.78. The lowest BCUT2D eigenvalue weighted by Crippen LogP contribution is -2.38. The molecule has 1 aromatic carbocycles. The maximum absolute atomic E-state index is 5.33. The first kappa shape index (κ1) is 23.0. The lowest BCUT2D eigenvalue weighted by molar-refractivity contribution is 0.152. The molecule has 0 bridgehead atoms. The Balaban J connectivity index is 0.00000338. The summed E-state index contributed by atoms with van der Waals surface area (Å²) in [5.41, 5.74) is 2.57. The van der Waals surface area contributed by atoms with Crippen molar-refractivity contribution < 1.29 is 4.74 Å². The molecular formula is C20H35IN4O. The van der Waals surface area contributed by atoms with Gasteiger partial charge in [-0.25, -0.2) is 0 Å². The quantitative estimate of drug-likeness (QED) is 0.261. The lowest BCUT2D eigenvalue weighted by Gasteiger charge is -2.33. The first-order valence-corrected chi connectivity index (χ1v) is 9.58.